The van der Waals surface area contributed by atoms with Gasteiger partial charge < -0.3 is 14.4 Å². The minimum Gasteiger partial charge on any atom is -0.469 e. The Morgan fingerprint density at radius 3 is 1.91 bits per heavy atom. The van der Waals surface area contributed by atoms with Crippen LogP contribution in [0.25, 0.3) is 50.5 Å². The molecule has 3 heterocycles. The lowest BCUT2D eigenvalue weighted by molar-refractivity contribution is 0.122. The SMILES string of the molecule is CCC1(CC)c2ccccc2-c2c1c1c(c3ccccc23)OC(c2ccc(N3CCOCC3)cc2)(c2nc(-c3ccccc3)cc(-c3ccccc3)n2)C=C1. The third kappa shape index (κ3) is 5.25. The second kappa shape index (κ2) is 13.4. The summed E-state index contributed by atoms with van der Waals surface area (Å²) in [6.45, 7) is 7.86. The van der Waals surface area contributed by atoms with Crippen LogP contribution in [-0.4, -0.2) is 36.3 Å². The van der Waals surface area contributed by atoms with Crippen LogP contribution < -0.4 is 9.64 Å². The minimum absolute atomic E-state index is 0.141. The lowest BCUT2D eigenvalue weighted by Gasteiger charge is -2.38. The molecule has 0 amide bonds. The summed E-state index contributed by atoms with van der Waals surface area (Å²) in [6, 6.07) is 49.5. The molecule has 1 aromatic heterocycles. The minimum atomic E-state index is -1.13. The highest BCUT2D eigenvalue weighted by Gasteiger charge is 2.47. The van der Waals surface area contributed by atoms with E-state index in [9.17, 15) is 0 Å². The molecule has 6 aromatic carbocycles. The van der Waals surface area contributed by atoms with E-state index >= 15 is 0 Å². The van der Waals surface area contributed by atoms with Crippen molar-refractivity contribution >= 4 is 22.5 Å². The standard InChI is InChI=1S/C50H43N3O2/c1-3-49(4-2)42-22-14-13-21-40(42)45-38-19-11-12-20-39(38)47-41(46(45)49)27-28-50(55-47,36-23-25-37(26-24-36)53-29-31-54-32-30-53)48-51-43(34-15-7-5-8-16-34)33-44(52-48)35-17-9-6-10-18-35/h5-28,33H,3-4,29-32H2,1-2H3. The van der Waals surface area contributed by atoms with Crippen molar-refractivity contribution in [3.8, 4) is 39.4 Å². The molecule has 5 nitrogen and oxygen atoms in total. The van der Waals surface area contributed by atoms with Gasteiger partial charge in [0.2, 0.25) is 5.60 Å². The second-order valence-electron chi connectivity index (χ2n) is 14.9. The molecule has 5 heteroatoms. The molecule has 0 spiro atoms. The molecule has 1 saturated heterocycles. The monoisotopic (exact) mass is 717 g/mol. The molecule has 0 saturated carbocycles. The van der Waals surface area contributed by atoms with Crippen molar-refractivity contribution in [2.24, 2.45) is 0 Å². The van der Waals surface area contributed by atoms with E-state index in [-0.39, 0.29) is 5.41 Å². The van der Waals surface area contributed by atoms with Gasteiger partial charge in [0, 0.05) is 51.8 Å². The summed E-state index contributed by atoms with van der Waals surface area (Å²) in [7, 11) is 0. The van der Waals surface area contributed by atoms with E-state index in [1.807, 2.05) is 12.1 Å². The zero-order valence-electron chi connectivity index (χ0n) is 31.3. The van der Waals surface area contributed by atoms with Gasteiger partial charge in [0.05, 0.1) is 24.6 Å². The molecule has 0 bridgehead atoms. The maximum atomic E-state index is 7.73. The van der Waals surface area contributed by atoms with Crippen molar-refractivity contribution in [3.63, 3.8) is 0 Å². The Bertz CT molecular complexity index is 2510. The van der Waals surface area contributed by atoms with Crippen molar-refractivity contribution in [2.45, 2.75) is 37.7 Å². The highest BCUT2D eigenvalue weighted by Crippen LogP contribution is 2.60. The number of anilines is 1. The fraction of sp³-hybridized carbons (Fsp3) is 0.200. The van der Waals surface area contributed by atoms with Crippen molar-refractivity contribution in [1.82, 2.24) is 9.97 Å². The highest BCUT2D eigenvalue weighted by molar-refractivity contribution is 6.08. The largest absolute Gasteiger partial charge is 0.469 e. The second-order valence-corrected chi connectivity index (χ2v) is 14.9. The fourth-order valence-electron chi connectivity index (χ4n) is 9.38. The van der Waals surface area contributed by atoms with Gasteiger partial charge >= 0.3 is 0 Å². The number of morpholine rings is 1. The number of hydrogen-bond donors (Lipinski definition) is 0. The summed E-state index contributed by atoms with van der Waals surface area (Å²) in [5.41, 5.74) is 11.2. The van der Waals surface area contributed by atoms with E-state index < -0.39 is 5.60 Å². The van der Waals surface area contributed by atoms with Gasteiger partial charge in [-0.1, -0.05) is 141 Å². The average molecular weight is 718 g/mol. The maximum absolute atomic E-state index is 7.73. The molecule has 1 atom stereocenters. The van der Waals surface area contributed by atoms with E-state index in [1.54, 1.807) is 0 Å². The highest BCUT2D eigenvalue weighted by atomic mass is 16.5. The molecule has 1 unspecified atom stereocenters. The molecule has 270 valence electrons. The van der Waals surface area contributed by atoms with E-state index in [1.165, 1.54) is 33.3 Å². The van der Waals surface area contributed by atoms with Gasteiger partial charge in [0.1, 0.15) is 5.75 Å². The van der Waals surface area contributed by atoms with Gasteiger partial charge in [0.25, 0.3) is 0 Å². The molecular formula is C50H43N3O2. The number of rotatable bonds is 7. The van der Waals surface area contributed by atoms with Crippen molar-refractivity contribution in [2.75, 3.05) is 31.2 Å². The van der Waals surface area contributed by atoms with E-state index in [0.717, 1.165) is 83.9 Å². The molecule has 1 fully saturated rings. The van der Waals surface area contributed by atoms with Crippen molar-refractivity contribution < 1.29 is 9.47 Å². The van der Waals surface area contributed by atoms with Gasteiger partial charge in [-0.05, 0) is 64.8 Å². The third-order valence-corrected chi connectivity index (χ3v) is 12.2. The van der Waals surface area contributed by atoms with Crippen LogP contribution in [0.5, 0.6) is 5.75 Å². The molecular weight excluding hydrogens is 675 g/mol. The van der Waals surface area contributed by atoms with E-state index in [4.69, 9.17) is 19.4 Å². The van der Waals surface area contributed by atoms with Crippen LogP contribution in [0.3, 0.4) is 0 Å². The van der Waals surface area contributed by atoms with Gasteiger partial charge in [-0.2, -0.15) is 0 Å². The van der Waals surface area contributed by atoms with Crippen LogP contribution >= 0.6 is 0 Å². The predicted octanol–water partition coefficient (Wildman–Crippen LogP) is 11.2. The number of nitrogens with zero attached hydrogens (tertiary/aromatic N) is 3. The van der Waals surface area contributed by atoms with Gasteiger partial charge in [0.15, 0.2) is 5.82 Å². The first-order valence-corrected chi connectivity index (χ1v) is 19.6. The smallest absolute Gasteiger partial charge is 0.212 e. The maximum Gasteiger partial charge on any atom is 0.212 e. The van der Waals surface area contributed by atoms with E-state index in [0.29, 0.717) is 5.82 Å². The molecule has 10 rings (SSSR count). The summed E-state index contributed by atoms with van der Waals surface area (Å²) in [6.07, 6.45) is 6.53. The first-order valence-electron chi connectivity index (χ1n) is 19.6. The Labute approximate surface area is 322 Å². The fourth-order valence-corrected chi connectivity index (χ4v) is 9.38. The molecule has 0 N–H and O–H groups in total. The molecule has 3 aliphatic rings. The first kappa shape index (κ1) is 33.5. The average Bonchev–Trinajstić information content (AvgIpc) is 3.58. The van der Waals surface area contributed by atoms with Crippen LogP contribution in [0.1, 0.15) is 54.8 Å². The van der Waals surface area contributed by atoms with Crippen LogP contribution in [0.2, 0.25) is 0 Å². The Hall–Kier alpha value is -6.04. The van der Waals surface area contributed by atoms with E-state index in [2.05, 4.69) is 158 Å². The molecule has 7 aromatic rings. The van der Waals surface area contributed by atoms with Gasteiger partial charge in [-0.3, -0.25) is 0 Å². The molecule has 1 aliphatic carbocycles. The summed E-state index contributed by atoms with van der Waals surface area (Å²) in [5, 5.41) is 2.30. The zero-order chi connectivity index (χ0) is 37.0. The van der Waals surface area contributed by atoms with Crippen molar-refractivity contribution in [3.05, 3.63) is 174 Å². The summed E-state index contributed by atoms with van der Waals surface area (Å²) < 4.78 is 13.4. The molecule has 0 radical (unpaired) electrons. The first-order chi connectivity index (χ1) is 27.1. The van der Waals surface area contributed by atoms with Gasteiger partial charge in [-0.15, -0.1) is 0 Å². The van der Waals surface area contributed by atoms with Crippen LogP contribution in [0.4, 0.5) is 5.69 Å². The topological polar surface area (TPSA) is 47.5 Å². The normalized spacial score (nSPS) is 18.0. The Morgan fingerprint density at radius 1 is 0.655 bits per heavy atom. The number of aromatic nitrogens is 2. The Morgan fingerprint density at radius 2 is 1.25 bits per heavy atom. The van der Waals surface area contributed by atoms with Crippen LogP contribution in [-0.2, 0) is 15.8 Å². The number of hydrogen-bond acceptors (Lipinski definition) is 5. The summed E-state index contributed by atoms with van der Waals surface area (Å²) in [5.74, 6) is 1.47. The van der Waals surface area contributed by atoms with Gasteiger partial charge in [-0.25, -0.2) is 9.97 Å². The summed E-state index contributed by atoms with van der Waals surface area (Å²) >= 11 is 0. The lowest BCUT2D eigenvalue weighted by Crippen LogP contribution is -2.38. The number of ether oxygens (including phenoxy) is 2. The van der Waals surface area contributed by atoms with Crippen LogP contribution in [0, 0.1) is 0 Å². The lowest BCUT2D eigenvalue weighted by atomic mass is 9.71. The number of benzene rings is 6. The van der Waals surface area contributed by atoms with Crippen molar-refractivity contribution in [1.29, 1.82) is 0 Å². The zero-order valence-corrected chi connectivity index (χ0v) is 31.3. The molecule has 2 aliphatic heterocycles. The summed E-state index contributed by atoms with van der Waals surface area (Å²) in [4.78, 5) is 13.2. The number of fused-ring (bicyclic) bond motifs is 8. The Kier molecular flexibility index (Phi) is 8.15. The molecule has 55 heavy (non-hydrogen) atoms. The quantitative estimate of drug-likeness (QED) is 0.164. The Balaban J connectivity index is 1.25. The van der Waals surface area contributed by atoms with Crippen LogP contribution in [0.15, 0.2) is 146 Å². The third-order valence-electron chi connectivity index (χ3n) is 12.2. The predicted molar refractivity (Wildman–Crippen MR) is 224 cm³/mol.